The number of halogens is 1. The van der Waals surface area contributed by atoms with E-state index >= 15 is 0 Å². The van der Waals surface area contributed by atoms with Crippen LogP contribution in [0, 0.1) is 10.1 Å². The number of aromatic nitrogens is 3. The highest BCUT2D eigenvalue weighted by molar-refractivity contribution is 6.31. The van der Waals surface area contributed by atoms with Gasteiger partial charge in [0.2, 0.25) is 11.0 Å². The fourth-order valence-electron chi connectivity index (χ4n) is 1.57. The van der Waals surface area contributed by atoms with Gasteiger partial charge in [0, 0.05) is 6.20 Å². The van der Waals surface area contributed by atoms with Gasteiger partial charge in [-0.25, -0.2) is 19.7 Å². The van der Waals surface area contributed by atoms with E-state index in [1.165, 1.54) is 18.3 Å². The molecule has 0 aromatic carbocycles. The van der Waals surface area contributed by atoms with Crippen LogP contribution in [0.5, 0.6) is 0 Å². The topological polar surface area (TPSA) is 120 Å². The Hall–Kier alpha value is -2.81. The summed E-state index contributed by atoms with van der Waals surface area (Å²) in [5.41, 5.74) is -0.227. The van der Waals surface area contributed by atoms with Crippen LogP contribution in [0.2, 0.25) is 5.15 Å². The van der Waals surface area contributed by atoms with Gasteiger partial charge in [-0.2, -0.15) is 0 Å². The molecule has 0 spiro atoms. The molecular weight excluding hydrogens is 314 g/mol. The second kappa shape index (κ2) is 6.76. The highest BCUT2D eigenvalue weighted by Crippen LogP contribution is 2.30. The molecule has 0 fully saturated rings. The Morgan fingerprint density at radius 1 is 1.45 bits per heavy atom. The summed E-state index contributed by atoms with van der Waals surface area (Å²) in [7, 11) is 0. The lowest BCUT2D eigenvalue weighted by Gasteiger charge is -2.07. The third-order valence-corrected chi connectivity index (χ3v) is 2.75. The lowest BCUT2D eigenvalue weighted by Crippen LogP contribution is -2.07. The van der Waals surface area contributed by atoms with Crippen molar-refractivity contribution in [2.75, 3.05) is 11.9 Å². The number of pyridine rings is 1. The first-order valence-electron chi connectivity index (χ1n) is 6.08. The summed E-state index contributed by atoms with van der Waals surface area (Å²) >= 11 is 5.69. The summed E-state index contributed by atoms with van der Waals surface area (Å²) in [6.07, 6.45) is 2.44. The number of nitro groups is 1. The van der Waals surface area contributed by atoms with Crippen molar-refractivity contribution in [3.63, 3.8) is 0 Å². The number of hydrogen-bond acceptors (Lipinski definition) is 8. The summed E-state index contributed by atoms with van der Waals surface area (Å²) in [6, 6.07) is 2.85. The highest BCUT2D eigenvalue weighted by Gasteiger charge is 2.22. The highest BCUT2D eigenvalue weighted by atomic mass is 35.5. The van der Waals surface area contributed by atoms with E-state index in [0.717, 1.165) is 6.33 Å². The zero-order chi connectivity index (χ0) is 16.1. The van der Waals surface area contributed by atoms with Crippen molar-refractivity contribution >= 4 is 34.9 Å². The number of hydrogen-bond donors (Lipinski definition) is 1. The van der Waals surface area contributed by atoms with Crippen LogP contribution in [0.4, 0.5) is 17.3 Å². The molecule has 9 nitrogen and oxygen atoms in total. The molecule has 10 heteroatoms. The third kappa shape index (κ3) is 3.44. The molecule has 2 rings (SSSR count). The van der Waals surface area contributed by atoms with Crippen molar-refractivity contribution in [3.05, 3.63) is 45.5 Å². The predicted octanol–water partition coefficient (Wildman–Crippen LogP) is 2.35. The molecule has 2 heterocycles. The van der Waals surface area contributed by atoms with Crippen molar-refractivity contribution in [1.82, 2.24) is 15.0 Å². The van der Waals surface area contributed by atoms with Crippen LogP contribution < -0.4 is 5.32 Å². The minimum atomic E-state index is -0.708. The van der Waals surface area contributed by atoms with E-state index in [-0.39, 0.29) is 29.0 Å². The number of ether oxygens (including phenoxy) is 1. The monoisotopic (exact) mass is 323 g/mol. The number of carbonyl (C=O) groups is 1. The lowest BCUT2D eigenvalue weighted by atomic mass is 10.2. The number of anilines is 2. The number of carbonyl (C=O) groups excluding carboxylic acids is 1. The van der Waals surface area contributed by atoms with Crippen LogP contribution in [-0.4, -0.2) is 32.5 Å². The number of nitrogens with one attached hydrogen (secondary N) is 1. The van der Waals surface area contributed by atoms with Crippen molar-refractivity contribution in [2.45, 2.75) is 6.92 Å². The molecule has 0 aliphatic carbocycles. The van der Waals surface area contributed by atoms with Crippen LogP contribution in [-0.2, 0) is 4.74 Å². The van der Waals surface area contributed by atoms with E-state index in [1.807, 2.05) is 0 Å². The molecule has 0 saturated heterocycles. The molecule has 0 atom stereocenters. The Morgan fingerprint density at radius 3 is 2.91 bits per heavy atom. The molecule has 1 N–H and O–H groups in total. The Morgan fingerprint density at radius 2 is 2.23 bits per heavy atom. The first-order chi connectivity index (χ1) is 10.5. The summed E-state index contributed by atoms with van der Waals surface area (Å²) in [5.74, 6) is -0.468. The maximum absolute atomic E-state index is 11.6. The fourth-order valence-corrected chi connectivity index (χ4v) is 1.77. The Bertz CT molecular complexity index is 724. The predicted molar refractivity (Wildman–Crippen MR) is 77.2 cm³/mol. The molecule has 0 aliphatic rings. The molecule has 0 unspecified atom stereocenters. The first-order valence-corrected chi connectivity index (χ1v) is 6.45. The smallest absolute Gasteiger partial charge is 0.348 e. The van der Waals surface area contributed by atoms with Gasteiger partial charge in [-0.1, -0.05) is 11.6 Å². The molecule has 0 bridgehead atoms. The van der Waals surface area contributed by atoms with Crippen molar-refractivity contribution < 1.29 is 14.5 Å². The first kappa shape index (κ1) is 15.6. The molecule has 0 aliphatic heterocycles. The lowest BCUT2D eigenvalue weighted by molar-refractivity contribution is -0.384. The molecule has 0 saturated carbocycles. The number of nitrogens with zero attached hydrogens (tertiary/aromatic N) is 4. The van der Waals surface area contributed by atoms with Crippen LogP contribution in [0.1, 0.15) is 17.3 Å². The molecule has 2 aromatic heterocycles. The zero-order valence-electron chi connectivity index (χ0n) is 11.3. The molecule has 0 amide bonds. The van der Waals surface area contributed by atoms with Crippen LogP contribution >= 0.6 is 11.6 Å². The van der Waals surface area contributed by atoms with E-state index in [0.29, 0.717) is 0 Å². The van der Waals surface area contributed by atoms with E-state index in [4.69, 9.17) is 16.3 Å². The number of rotatable bonds is 5. The Balaban J connectivity index is 2.32. The molecule has 2 aromatic rings. The number of esters is 1. The maximum Gasteiger partial charge on any atom is 0.348 e. The largest absolute Gasteiger partial charge is 0.462 e. The average Bonchev–Trinajstić information content (AvgIpc) is 2.47. The van der Waals surface area contributed by atoms with Gasteiger partial charge in [0.05, 0.1) is 17.1 Å². The summed E-state index contributed by atoms with van der Waals surface area (Å²) < 4.78 is 4.86. The second-order valence-corrected chi connectivity index (χ2v) is 4.25. The third-order valence-electron chi connectivity index (χ3n) is 2.48. The van der Waals surface area contributed by atoms with Gasteiger partial charge in [-0.3, -0.25) is 10.1 Å². The second-order valence-electron chi connectivity index (χ2n) is 3.89. The Labute approximate surface area is 129 Å². The van der Waals surface area contributed by atoms with Gasteiger partial charge in [0.15, 0.2) is 0 Å². The molecular formula is C12H10ClN5O4. The zero-order valence-corrected chi connectivity index (χ0v) is 12.1. The van der Waals surface area contributed by atoms with Crippen LogP contribution in [0.25, 0.3) is 0 Å². The molecule has 22 heavy (non-hydrogen) atoms. The van der Waals surface area contributed by atoms with Crippen molar-refractivity contribution in [2.24, 2.45) is 0 Å². The van der Waals surface area contributed by atoms with Gasteiger partial charge in [0.25, 0.3) is 0 Å². The van der Waals surface area contributed by atoms with Gasteiger partial charge in [-0.15, -0.1) is 0 Å². The van der Waals surface area contributed by atoms with Gasteiger partial charge < -0.3 is 10.1 Å². The standard InChI is InChI=1S/C12H10ClN5O4/c1-2-22-12(19)7-3-4-14-8(5-7)17-11-9(18(20)21)10(13)15-6-16-11/h3-6H,2H2,1H3,(H,14,15,16,17). The van der Waals surface area contributed by atoms with Crippen molar-refractivity contribution in [3.8, 4) is 0 Å². The van der Waals surface area contributed by atoms with Gasteiger partial charge in [-0.05, 0) is 19.1 Å². The van der Waals surface area contributed by atoms with Crippen molar-refractivity contribution in [1.29, 1.82) is 0 Å². The Kier molecular flexibility index (Phi) is 4.79. The van der Waals surface area contributed by atoms with E-state index in [2.05, 4.69) is 20.3 Å². The van der Waals surface area contributed by atoms with Crippen LogP contribution in [0.3, 0.4) is 0 Å². The summed E-state index contributed by atoms with van der Waals surface area (Å²) in [5, 5.41) is 13.3. The van der Waals surface area contributed by atoms with Gasteiger partial charge >= 0.3 is 11.7 Å². The minimum Gasteiger partial charge on any atom is -0.462 e. The molecule has 114 valence electrons. The quantitative estimate of drug-likeness (QED) is 0.385. The fraction of sp³-hybridized carbons (Fsp3) is 0.167. The minimum absolute atomic E-state index is 0.126. The normalized spacial score (nSPS) is 10.1. The SMILES string of the molecule is CCOC(=O)c1ccnc(Nc2ncnc(Cl)c2[N+](=O)[O-])c1. The van der Waals surface area contributed by atoms with E-state index in [1.54, 1.807) is 6.92 Å². The van der Waals surface area contributed by atoms with Gasteiger partial charge in [0.1, 0.15) is 12.1 Å². The van der Waals surface area contributed by atoms with Crippen LogP contribution in [0.15, 0.2) is 24.7 Å². The molecule has 0 radical (unpaired) electrons. The van der Waals surface area contributed by atoms with E-state index < -0.39 is 16.6 Å². The maximum atomic E-state index is 11.6. The average molecular weight is 324 g/mol. The summed E-state index contributed by atoms with van der Waals surface area (Å²) in [4.78, 5) is 33.2. The van der Waals surface area contributed by atoms with E-state index in [9.17, 15) is 14.9 Å². The summed E-state index contributed by atoms with van der Waals surface area (Å²) in [6.45, 7) is 1.92.